The van der Waals surface area contributed by atoms with Gasteiger partial charge in [0.25, 0.3) is 11.8 Å². The molecule has 7 rings (SSSR count). The quantitative estimate of drug-likeness (QED) is 0.0456. The molecule has 0 aromatic heterocycles. The summed E-state index contributed by atoms with van der Waals surface area (Å²) in [5, 5.41) is 11.7. The first-order chi connectivity index (χ1) is 34.4. The molecule has 4 N–H and O–H groups in total. The molecule has 2 aliphatic carbocycles. The van der Waals surface area contributed by atoms with Gasteiger partial charge in [-0.25, -0.2) is 33.7 Å². The maximum absolute atomic E-state index is 14.2. The number of ether oxygens (including phenoxy) is 2. The van der Waals surface area contributed by atoms with Gasteiger partial charge in [-0.1, -0.05) is 52.5 Å². The first-order valence-electron chi connectivity index (χ1n) is 19.6. The van der Waals surface area contributed by atoms with Gasteiger partial charge in [0.1, 0.15) is 74.8 Å². The molecular formula is C42H24Cl4N6Na4O18S4. The van der Waals surface area contributed by atoms with E-state index < -0.39 is 129 Å². The standard InChI is InChI=1S/C42H28Cl4N6O18S4.4Na/c1-69-30-16-27(50-52-38-33(74(66,67)68)11-18-9-21(72(60,61)62)14-29(35(18)40(38)54)48-42(56)23-4-3-5-24(44)36(23)46)31(70-2)15-26(30)49-51-37-32(73(63,64)65)10-17-8-20(71(57,58)59)13-28(34(17)39(37)53)47-41(55)22-7-6-19(43)12-25(22)45;;;;/h3-16,49-50H,1-2H3,(H,47,55)(H,48,56)(H,57,58,59)(H,60,61,62)(H,63,64,65)(H,66,67,68);;;;/q;4*+1/p-4/b51-37-,52-38-;;;;. The third-order valence-corrected chi connectivity index (χ3v) is 15.0. The average molecular weight is 1260 g/mol. The number of carbonyl (C=O) groups excluding carboxylic acids is 4. The molecule has 2 aliphatic rings. The van der Waals surface area contributed by atoms with E-state index in [0.29, 0.717) is 36.4 Å². The van der Waals surface area contributed by atoms with Gasteiger partial charge in [0.2, 0.25) is 11.6 Å². The van der Waals surface area contributed by atoms with Crippen molar-refractivity contribution in [1.29, 1.82) is 0 Å². The second-order valence-corrected chi connectivity index (χ2v) is 22.0. The van der Waals surface area contributed by atoms with Crippen LogP contribution in [0.3, 0.4) is 0 Å². The van der Waals surface area contributed by atoms with Crippen molar-refractivity contribution in [1.82, 2.24) is 0 Å². The number of hydrazone groups is 2. The summed E-state index contributed by atoms with van der Waals surface area (Å²) in [7, 11) is -20.0. The minimum atomic E-state index is -5.69. The molecule has 0 fully saturated rings. The number of halogens is 4. The molecule has 386 valence electrons. The largest absolute Gasteiger partial charge is 1.00 e. The molecule has 5 aromatic carbocycles. The van der Waals surface area contributed by atoms with E-state index in [1.807, 2.05) is 0 Å². The molecule has 0 unspecified atom stereocenters. The van der Waals surface area contributed by atoms with E-state index in [-0.39, 0.29) is 172 Å². The minimum absolute atomic E-state index is 0. The summed E-state index contributed by atoms with van der Waals surface area (Å²) < 4.78 is 160. The number of fused-ring (bicyclic) bond motifs is 2. The van der Waals surface area contributed by atoms with Crippen molar-refractivity contribution in [3.63, 3.8) is 0 Å². The fourth-order valence-corrected chi connectivity index (χ4v) is 10.2. The molecule has 2 amide bonds. The molecule has 0 aliphatic heterocycles. The molecule has 0 heterocycles. The maximum Gasteiger partial charge on any atom is 1.00 e. The number of rotatable bonds is 14. The number of hydrogen-bond donors (Lipinski definition) is 4. The summed E-state index contributed by atoms with van der Waals surface area (Å²) >= 11 is 24.3. The molecular weight excluding hydrogens is 1240 g/mol. The Balaban J connectivity index is 0.00000400. The van der Waals surface area contributed by atoms with Crippen LogP contribution in [-0.2, 0) is 40.5 Å². The molecule has 78 heavy (non-hydrogen) atoms. The summed E-state index contributed by atoms with van der Waals surface area (Å²) in [5.74, 6) is -5.62. The van der Waals surface area contributed by atoms with E-state index in [1.165, 1.54) is 36.4 Å². The van der Waals surface area contributed by atoms with Crippen molar-refractivity contribution in [3.05, 3.63) is 136 Å². The maximum atomic E-state index is 14.2. The van der Waals surface area contributed by atoms with E-state index in [9.17, 15) is 71.1 Å². The van der Waals surface area contributed by atoms with Crippen molar-refractivity contribution in [3.8, 4) is 11.5 Å². The number of nitrogens with one attached hydrogen (secondary N) is 4. The Hall–Kier alpha value is -2.80. The van der Waals surface area contributed by atoms with Gasteiger partial charge in [0, 0.05) is 17.2 Å². The average Bonchev–Trinajstić information content (AvgIpc) is 3.29. The van der Waals surface area contributed by atoms with Crippen LogP contribution in [0, 0.1) is 0 Å². The Morgan fingerprint density at radius 3 is 1.29 bits per heavy atom. The van der Waals surface area contributed by atoms with Crippen LogP contribution >= 0.6 is 46.4 Å². The third-order valence-electron chi connectivity index (χ3n) is 10.3. The van der Waals surface area contributed by atoms with Crippen LogP contribution in [0.2, 0.25) is 20.1 Å². The monoisotopic (exact) mass is 1260 g/mol. The fraction of sp³-hybridized carbons (Fsp3) is 0.0476. The Morgan fingerprint density at radius 2 is 0.923 bits per heavy atom. The van der Waals surface area contributed by atoms with Crippen LogP contribution in [0.1, 0.15) is 52.6 Å². The van der Waals surface area contributed by atoms with Gasteiger partial charge >= 0.3 is 118 Å². The Morgan fingerprint density at radius 1 is 0.513 bits per heavy atom. The van der Waals surface area contributed by atoms with Crippen LogP contribution in [0.25, 0.3) is 12.2 Å². The van der Waals surface area contributed by atoms with Gasteiger partial charge in [-0.05, 0) is 77.9 Å². The number of hydrogen-bond acceptors (Lipinski definition) is 22. The van der Waals surface area contributed by atoms with Crippen LogP contribution in [0.4, 0.5) is 22.7 Å². The number of ketones is 2. The van der Waals surface area contributed by atoms with E-state index in [2.05, 4.69) is 31.7 Å². The predicted molar refractivity (Wildman–Crippen MR) is 263 cm³/mol. The second-order valence-electron chi connectivity index (χ2n) is 14.9. The molecule has 0 spiro atoms. The minimum Gasteiger partial charge on any atom is -0.744 e. The van der Waals surface area contributed by atoms with Crippen LogP contribution in [-0.4, -0.2) is 101 Å². The van der Waals surface area contributed by atoms with Gasteiger partial charge in [0.05, 0.1) is 82.5 Å². The van der Waals surface area contributed by atoms with E-state index in [1.54, 1.807) is 0 Å². The van der Waals surface area contributed by atoms with E-state index in [4.69, 9.17) is 55.9 Å². The van der Waals surface area contributed by atoms with Crippen molar-refractivity contribution in [2.45, 2.75) is 9.79 Å². The number of allylic oxidation sites excluding steroid dienone is 2. The van der Waals surface area contributed by atoms with Gasteiger partial charge in [-0.2, -0.15) is 10.2 Å². The molecule has 0 atom stereocenters. The summed E-state index contributed by atoms with van der Waals surface area (Å²) in [6.07, 6.45) is 1.04. The molecule has 5 aromatic rings. The number of nitrogens with zero attached hydrogens (tertiary/aromatic N) is 2. The Bertz CT molecular complexity index is 3980. The summed E-state index contributed by atoms with van der Waals surface area (Å²) in [6, 6.07) is 11.9. The number of carbonyl (C=O) groups is 4. The summed E-state index contributed by atoms with van der Waals surface area (Å²) in [6.45, 7) is 0. The molecule has 0 saturated heterocycles. The molecule has 0 bridgehead atoms. The third kappa shape index (κ3) is 15.2. The molecule has 0 radical (unpaired) electrons. The smallest absolute Gasteiger partial charge is 0.744 e. The zero-order chi connectivity index (χ0) is 54.6. The number of amides is 2. The van der Waals surface area contributed by atoms with Crippen molar-refractivity contribution < 1.29 is 199 Å². The first-order valence-corrected chi connectivity index (χ1v) is 26.8. The zero-order valence-electron chi connectivity index (χ0n) is 40.5. The van der Waals surface area contributed by atoms with Crippen molar-refractivity contribution in [2.24, 2.45) is 10.2 Å². The van der Waals surface area contributed by atoms with Gasteiger partial charge in [-0.3, -0.25) is 30.0 Å². The fourth-order valence-electron chi connectivity index (χ4n) is 7.00. The van der Waals surface area contributed by atoms with Crippen LogP contribution in [0.15, 0.2) is 103 Å². The SMILES string of the molecule is COc1cc(N/N=C2\C(=O)c3c(cc(S(=O)(=O)[O-])cc3NC(=O)c3cccc(Cl)c3Cl)C=C2S(=O)(=O)[O-])c(OC)cc1N/N=C1\C(=O)c2c(cc(S(=O)(=O)[O-])cc2NC(=O)c2ccc(Cl)cc2Cl)C=C1S(=O)(=O)[O-].[Na+].[Na+].[Na+].[Na+]. The van der Waals surface area contributed by atoms with Gasteiger partial charge in [-0.15, -0.1) is 0 Å². The number of anilines is 4. The van der Waals surface area contributed by atoms with Crippen LogP contribution < -0.4 is 149 Å². The molecule has 24 nitrogen and oxygen atoms in total. The summed E-state index contributed by atoms with van der Waals surface area (Å²) in [5.41, 5.74) is -2.72. The van der Waals surface area contributed by atoms with Crippen molar-refractivity contribution >= 4 is 157 Å². The van der Waals surface area contributed by atoms with E-state index >= 15 is 0 Å². The van der Waals surface area contributed by atoms with Gasteiger partial charge in [0.15, 0.2) is 0 Å². The number of Topliss-reactive ketones (excluding diaryl/α,β-unsaturated/α-hetero) is 2. The second kappa shape index (κ2) is 27.1. The number of methoxy groups -OCH3 is 2. The Kier molecular flexibility index (Phi) is 24.1. The first kappa shape index (κ1) is 69.5. The van der Waals surface area contributed by atoms with Crippen LogP contribution in [0.5, 0.6) is 11.5 Å². The normalized spacial score (nSPS) is 14.1. The topological polar surface area (TPSA) is 388 Å². The molecule has 0 saturated carbocycles. The molecule has 36 heteroatoms. The van der Waals surface area contributed by atoms with Gasteiger partial charge < -0.3 is 38.3 Å². The number of benzene rings is 5. The summed E-state index contributed by atoms with van der Waals surface area (Å²) in [4.78, 5) is 50.4. The van der Waals surface area contributed by atoms with Crippen molar-refractivity contribution in [2.75, 3.05) is 35.7 Å². The van der Waals surface area contributed by atoms with E-state index in [0.717, 1.165) is 26.4 Å². The zero-order valence-corrected chi connectivity index (χ0v) is 54.8. The predicted octanol–water partition coefficient (Wildman–Crippen LogP) is -6.25. The Labute approximate surface area is 551 Å².